The third-order valence-electron chi connectivity index (χ3n) is 3.08. The molecule has 0 unspecified atom stereocenters. The van der Waals surface area contributed by atoms with Crippen LogP contribution in [0.15, 0.2) is 24.3 Å². The normalized spacial score (nSPS) is 13.4. The molecule has 2 rings (SSSR count). The van der Waals surface area contributed by atoms with E-state index < -0.39 is 0 Å². The molecule has 0 aliphatic heterocycles. The third kappa shape index (κ3) is 4.69. The minimum atomic E-state index is -0.123. The highest BCUT2D eigenvalue weighted by atomic mass is 16.5. The number of benzene rings is 1. The van der Waals surface area contributed by atoms with E-state index in [1.54, 1.807) is 6.07 Å². The molecular formula is C16H20N2O2. The van der Waals surface area contributed by atoms with Gasteiger partial charge >= 0.3 is 0 Å². The molecule has 1 amide bonds. The predicted molar refractivity (Wildman–Crippen MR) is 78.3 cm³/mol. The van der Waals surface area contributed by atoms with Crippen molar-refractivity contribution in [3.63, 3.8) is 0 Å². The first kappa shape index (κ1) is 14.6. The Morgan fingerprint density at radius 1 is 1.40 bits per heavy atom. The van der Waals surface area contributed by atoms with Crippen molar-refractivity contribution in [3.05, 3.63) is 35.4 Å². The van der Waals surface area contributed by atoms with Gasteiger partial charge in [-0.2, -0.15) is 0 Å². The molecule has 3 N–H and O–H groups in total. The Morgan fingerprint density at radius 2 is 2.20 bits per heavy atom. The van der Waals surface area contributed by atoms with Crippen molar-refractivity contribution >= 4 is 5.91 Å². The third-order valence-corrected chi connectivity index (χ3v) is 3.08. The van der Waals surface area contributed by atoms with Gasteiger partial charge in [0, 0.05) is 18.7 Å². The van der Waals surface area contributed by atoms with Crippen LogP contribution in [0.25, 0.3) is 0 Å². The van der Waals surface area contributed by atoms with Crippen LogP contribution in [0.3, 0.4) is 0 Å². The molecule has 1 aromatic carbocycles. The van der Waals surface area contributed by atoms with Crippen LogP contribution < -0.4 is 11.1 Å². The Hall–Kier alpha value is -1.83. The van der Waals surface area contributed by atoms with E-state index in [2.05, 4.69) is 17.2 Å². The molecule has 0 aromatic heterocycles. The minimum absolute atomic E-state index is 0.123. The van der Waals surface area contributed by atoms with Gasteiger partial charge in [-0.25, -0.2) is 0 Å². The van der Waals surface area contributed by atoms with Gasteiger partial charge in [0.2, 0.25) is 0 Å². The van der Waals surface area contributed by atoms with Gasteiger partial charge in [-0.05, 0) is 30.9 Å². The lowest BCUT2D eigenvalue weighted by molar-refractivity contribution is 0.0906. The molecule has 0 spiro atoms. The Morgan fingerprint density at radius 3 is 2.95 bits per heavy atom. The van der Waals surface area contributed by atoms with Gasteiger partial charge in [0.1, 0.15) is 0 Å². The molecule has 4 heteroatoms. The van der Waals surface area contributed by atoms with Gasteiger partial charge in [-0.1, -0.05) is 24.0 Å². The highest BCUT2D eigenvalue weighted by Gasteiger charge is 2.20. The van der Waals surface area contributed by atoms with Gasteiger partial charge in [0.05, 0.1) is 18.7 Å². The molecule has 20 heavy (non-hydrogen) atoms. The monoisotopic (exact) mass is 272 g/mol. The highest BCUT2D eigenvalue weighted by molar-refractivity contribution is 5.96. The predicted octanol–water partition coefficient (Wildman–Crippen LogP) is 1.15. The van der Waals surface area contributed by atoms with Gasteiger partial charge < -0.3 is 15.8 Å². The fourth-order valence-electron chi connectivity index (χ4n) is 1.80. The molecule has 0 atom stereocenters. The van der Waals surface area contributed by atoms with Crippen LogP contribution in [-0.4, -0.2) is 32.2 Å². The van der Waals surface area contributed by atoms with Crippen LogP contribution in [0.1, 0.15) is 28.8 Å². The van der Waals surface area contributed by atoms with Crippen LogP contribution in [0, 0.1) is 17.8 Å². The maximum absolute atomic E-state index is 12.1. The second-order valence-electron chi connectivity index (χ2n) is 4.83. The molecule has 1 saturated carbocycles. The van der Waals surface area contributed by atoms with E-state index in [-0.39, 0.29) is 12.5 Å². The van der Waals surface area contributed by atoms with E-state index in [0.29, 0.717) is 24.3 Å². The lowest BCUT2D eigenvalue weighted by Gasteiger charge is -2.07. The maximum Gasteiger partial charge on any atom is 0.252 e. The fourth-order valence-corrected chi connectivity index (χ4v) is 1.80. The van der Waals surface area contributed by atoms with Crippen LogP contribution in [0.2, 0.25) is 0 Å². The van der Waals surface area contributed by atoms with Gasteiger partial charge in [0.25, 0.3) is 5.91 Å². The molecule has 0 radical (unpaired) electrons. The number of hydrogen-bond donors (Lipinski definition) is 2. The van der Waals surface area contributed by atoms with Gasteiger partial charge in [0.15, 0.2) is 0 Å². The fraction of sp³-hybridized carbons (Fsp3) is 0.438. The maximum atomic E-state index is 12.1. The summed E-state index contributed by atoms with van der Waals surface area (Å²) in [6.07, 6.45) is 2.55. The molecule has 1 fully saturated rings. The number of nitrogens with two attached hydrogens (primary N) is 1. The number of hydrogen-bond acceptors (Lipinski definition) is 3. The molecule has 0 saturated heterocycles. The summed E-state index contributed by atoms with van der Waals surface area (Å²) in [5.41, 5.74) is 6.64. The van der Waals surface area contributed by atoms with Crippen LogP contribution in [0.5, 0.6) is 0 Å². The summed E-state index contributed by atoms with van der Waals surface area (Å²) in [5.74, 6) is 6.31. The second kappa shape index (κ2) is 7.68. The SMILES string of the molecule is NCC#Cc1ccccc1C(=O)NCCOCC1CC1. The number of amides is 1. The molecular weight excluding hydrogens is 252 g/mol. The summed E-state index contributed by atoms with van der Waals surface area (Å²) in [6.45, 7) is 2.17. The average Bonchev–Trinajstić information content (AvgIpc) is 3.29. The van der Waals surface area contributed by atoms with Crippen molar-refractivity contribution in [2.24, 2.45) is 11.7 Å². The van der Waals surface area contributed by atoms with Crippen molar-refractivity contribution in [2.45, 2.75) is 12.8 Å². The number of carbonyl (C=O) groups excluding carboxylic acids is 1. The lowest BCUT2D eigenvalue weighted by atomic mass is 10.1. The topological polar surface area (TPSA) is 64.4 Å². The average molecular weight is 272 g/mol. The van der Waals surface area contributed by atoms with E-state index in [1.165, 1.54) is 12.8 Å². The highest BCUT2D eigenvalue weighted by Crippen LogP contribution is 2.28. The lowest BCUT2D eigenvalue weighted by Crippen LogP contribution is -2.28. The summed E-state index contributed by atoms with van der Waals surface area (Å²) in [6, 6.07) is 7.27. The van der Waals surface area contributed by atoms with Crippen molar-refractivity contribution in [2.75, 3.05) is 26.3 Å². The molecule has 0 bridgehead atoms. The molecule has 1 aliphatic carbocycles. The summed E-state index contributed by atoms with van der Waals surface area (Å²) < 4.78 is 5.48. The Labute approximate surface area is 119 Å². The van der Waals surface area contributed by atoms with Crippen LogP contribution >= 0.6 is 0 Å². The van der Waals surface area contributed by atoms with Gasteiger partial charge in [-0.15, -0.1) is 0 Å². The standard InChI is InChI=1S/C16H20N2O2/c17-9-3-5-14-4-1-2-6-15(14)16(19)18-10-11-20-12-13-7-8-13/h1-2,4,6,13H,7-12,17H2,(H,18,19). The Bertz CT molecular complexity index is 513. The zero-order valence-corrected chi connectivity index (χ0v) is 11.5. The van der Waals surface area contributed by atoms with E-state index in [4.69, 9.17) is 10.5 Å². The molecule has 4 nitrogen and oxygen atoms in total. The number of carbonyl (C=O) groups is 1. The number of ether oxygens (including phenoxy) is 1. The van der Waals surface area contributed by atoms with Crippen LogP contribution in [0.4, 0.5) is 0 Å². The minimum Gasteiger partial charge on any atom is -0.379 e. The smallest absolute Gasteiger partial charge is 0.252 e. The first-order valence-corrected chi connectivity index (χ1v) is 6.95. The van der Waals surface area contributed by atoms with Crippen molar-refractivity contribution in [3.8, 4) is 11.8 Å². The Balaban J connectivity index is 1.81. The van der Waals surface area contributed by atoms with E-state index in [9.17, 15) is 4.79 Å². The summed E-state index contributed by atoms with van der Waals surface area (Å²) in [5, 5.41) is 2.85. The summed E-state index contributed by atoms with van der Waals surface area (Å²) in [4.78, 5) is 12.1. The van der Waals surface area contributed by atoms with E-state index in [1.807, 2.05) is 18.2 Å². The van der Waals surface area contributed by atoms with E-state index in [0.717, 1.165) is 12.5 Å². The van der Waals surface area contributed by atoms with Crippen molar-refractivity contribution < 1.29 is 9.53 Å². The molecule has 106 valence electrons. The van der Waals surface area contributed by atoms with Crippen molar-refractivity contribution in [1.82, 2.24) is 5.32 Å². The quantitative estimate of drug-likeness (QED) is 0.603. The number of nitrogens with one attached hydrogen (secondary N) is 1. The molecule has 0 heterocycles. The first-order valence-electron chi connectivity index (χ1n) is 6.95. The zero-order valence-electron chi connectivity index (χ0n) is 11.5. The van der Waals surface area contributed by atoms with Crippen molar-refractivity contribution in [1.29, 1.82) is 0 Å². The largest absolute Gasteiger partial charge is 0.379 e. The molecule has 1 aliphatic rings. The van der Waals surface area contributed by atoms with Crippen LogP contribution in [-0.2, 0) is 4.74 Å². The number of rotatable bonds is 6. The molecule has 1 aromatic rings. The summed E-state index contributed by atoms with van der Waals surface area (Å²) in [7, 11) is 0. The van der Waals surface area contributed by atoms with E-state index >= 15 is 0 Å². The Kier molecular flexibility index (Phi) is 5.60. The van der Waals surface area contributed by atoms with Gasteiger partial charge in [-0.3, -0.25) is 4.79 Å². The first-order chi connectivity index (χ1) is 9.81. The second-order valence-corrected chi connectivity index (χ2v) is 4.83. The summed E-state index contributed by atoms with van der Waals surface area (Å²) >= 11 is 0. The zero-order chi connectivity index (χ0) is 14.2.